The van der Waals surface area contributed by atoms with Crippen molar-refractivity contribution in [1.29, 1.82) is 0 Å². The highest BCUT2D eigenvalue weighted by atomic mass is 19.1. The molecule has 0 spiro atoms. The van der Waals surface area contributed by atoms with Gasteiger partial charge in [-0.05, 0) is 80.4 Å². The SMILES string of the molecule is COc1ccc(CC(=O)Nc2ccc(C(=O)N(CC(=O)OC(C)(C)C)Cc3ccccn3)cc2)c(CF)c1. The molecule has 1 heterocycles. The van der Waals surface area contributed by atoms with Crippen LogP contribution in [0.15, 0.2) is 66.9 Å². The Morgan fingerprint density at radius 1 is 1.00 bits per heavy atom. The number of carbonyl (C=O) groups is 3. The Kier molecular flexibility index (Phi) is 9.54. The summed E-state index contributed by atoms with van der Waals surface area (Å²) in [6.45, 7) is 4.44. The average Bonchev–Trinajstić information content (AvgIpc) is 2.88. The van der Waals surface area contributed by atoms with Crippen molar-refractivity contribution in [3.63, 3.8) is 0 Å². The quantitative estimate of drug-likeness (QED) is 0.388. The molecule has 0 aliphatic rings. The highest BCUT2D eigenvalue weighted by Crippen LogP contribution is 2.20. The molecule has 38 heavy (non-hydrogen) atoms. The van der Waals surface area contributed by atoms with E-state index in [1.54, 1.807) is 87.6 Å². The summed E-state index contributed by atoms with van der Waals surface area (Å²) < 4.78 is 23.9. The van der Waals surface area contributed by atoms with Gasteiger partial charge in [-0.15, -0.1) is 0 Å². The summed E-state index contributed by atoms with van der Waals surface area (Å²) >= 11 is 0. The first-order valence-electron chi connectivity index (χ1n) is 12.1. The molecule has 1 aromatic heterocycles. The van der Waals surface area contributed by atoms with Crippen molar-refractivity contribution in [2.75, 3.05) is 19.0 Å². The third kappa shape index (κ3) is 8.40. The minimum absolute atomic E-state index is 0.0162. The van der Waals surface area contributed by atoms with Crippen LogP contribution in [0.3, 0.4) is 0 Å². The van der Waals surface area contributed by atoms with Gasteiger partial charge in [0.05, 0.1) is 25.8 Å². The van der Waals surface area contributed by atoms with Crippen molar-refractivity contribution < 1.29 is 28.2 Å². The number of benzene rings is 2. The zero-order valence-electron chi connectivity index (χ0n) is 22.0. The number of methoxy groups -OCH3 is 1. The smallest absolute Gasteiger partial charge is 0.326 e. The second-order valence-electron chi connectivity index (χ2n) is 9.64. The van der Waals surface area contributed by atoms with Gasteiger partial charge >= 0.3 is 5.97 Å². The topological polar surface area (TPSA) is 97.8 Å². The van der Waals surface area contributed by atoms with Crippen molar-refractivity contribution in [3.05, 3.63) is 89.2 Å². The van der Waals surface area contributed by atoms with E-state index in [-0.39, 0.29) is 31.3 Å². The van der Waals surface area contributed by atoms with Crippen LogP contribution in [0.5, 0.6) is 5.75 Å². The van der Waals surface area contributed by atoms with Crippen LogP contribution in [0.1, 0.15) is 48.0 Å². The van der Waals surface area contributed by atoms with Crippen LogP contribution in [-0.2, 0) is 34.0 Å². The molecule has 2 amide bonds. The standard InChI is InChI=1S/C29H32FN3O5/c1-29(2,3)38-27(35)19-33(18-24-7-5-6-14-31-24)28(36)20-8-11-23(12-9-20)32-26(34)16-21-10-13-25(37-4)15-22(21)17-30/h5-15H,16-19H2,1-4H3,(H,32,34). The second kappa shape index (κ2) is 12.8. The molecule has 0 aliphatic heterocycles. The normalized spacial score (nSPS) is 11.0. The number of ether oxygens (including phenoxy) is 2. The van der Waals surface area contributed by atoms with Gasteiger partial charge in [0.1, 0.15) is 24.6 Å². The van der Waals surface area contributed by atoms with E-state index in [1.807, 2.05) is 0 Å². The fourth-order valence-corrected chi connectivity index (χ4v) is 3.70. The lowest BCUT2D eigenvalue weighted by atomic mass is 10.0. The molecule has 0 unspecified atom stereocenters. The van der Waals surface area contributed by atoms with Gasteiger partial charge in [-0.2, -0.15) is 0 Å². The Hall–Kier alpha value is -4.27. The molecule has 8 nitrogen and oxygen atoms in total. The summed E-state index contributed by atoms with van der Waals surface area (Å²) in [5, 5.41) is 2.76. The number of esters is 1. The third-order valence-corrected chi connectivity index (χ3v) is 5.43. The summed E-state index contributed by atoms with van der Waals surface area (Å²) in [5.41, 5.74) is 1.69. The lowest BCUT2D eigenvalue weighted by Crippen LogP contribution is -2.38. The van der Waals surface area contributed by atoms with Gasteiger partial charge in [-0.25, -0.2) is 4.39 Å². The van der Waals surface area contributed by atoms with Crippen LogP contribution < -0.4 is 10.1 Å². The molecule has 0 aliphatic carbocycles. The number of alkyl halides is 1. The summed E-state index contributed by atoms with van der Waals surface area (Å²) in [4.78, 5) is 44.0. The zero-order chi connectivity index (χ0) is 27.7. The molecule has 0 radical (unpaired) electrons. The molecule has 0 saturated heterocycles. The van der Waals surface area contributed by atoms with Crippen LogP contribution >= 0.6 is 0 Å². The maximum Gasteiger partial charge on any atom is 0.326 e. The van der Waals surface area contributed by atoms with Crippen molar-refractivity contribution in [2.24, 2.45) is 0 Å². The number of nitrogens with zero attached hydrogens (tertiary/aromatic N) is 2. The van der Waals surface area contributed by atoms with Crippen molar-refractivity contribution in [2.45, 2.75) is 46.0 Å². The molecule has 2 aromatic carbocycles. The number of carbonyl (C=O) groups excluding carboxylic acids is 3. The molecule has 1 N–H and O–H groups in total. The van der Waals surface area contributed by atoms with Gasteiger partial charge in [0, 0.05) is 17.4 Å². The minimum Gasteiger partial charge on any atom is -0.497 e. The molecule has 9 heteroatoms. The molecule has 0 bridgehead atoms. The molecule has 0 fully saturated rings. The highest BCUT2D eigenvalue weighted by Gasteiger charge is 2.24. The largest absolute Gasteiger partial charge is 0.497 e. The van der Waals surface area contributed by atoms with Crippen LogP contribution in [0.2, 0.25) is 0 Å². The predicted molar refractivity (Wildman–Crippen MR) is 141 cm³/mol. The van der Waals surface area contributed by atoms with Crippen molar-refractivity contribution >= 4 is 23.5 Å². The molecule has 3 rings (SSSR count). The van der Waals surface area contributed by atoms with Crippen molar-refractivity contribution in [1.82, 2.24) is 9.88 Å². The molecular weight excluding hydrogens is 489 g/mol. The van der Waals surface area contributed by atoms with E-state index in [9.17, 15) is 18.8 Å². The number of rotatable bonds is 10. The number of pyridine rings is 1. The van der Waals surface area contributed by atoms with E-state index in [1.165, 1.54) is 12.0 Å². The van der Waals surface area contributed by atoms with Gasteiger partial charge in [-0.3, -0.25) is 19.4 Å². The second-order valence-corrected chi connectivity index (χ2v) is 9.64. The highest BCUT2D eigenvalue weighted by molar-refractivity contribution is 5.97. The van der Waals surface area contributed by atoms with E-state index in [4.69, 9.17) is 9.47 Å². The molecule has 0 atom stereocenters. The van der Waals surface area contributed by atoms with Gasteiger partial charge in [0.25, 0.3) is 5.91 Å². The minimum atomic E-state index is -0.713. The summed E-state index contributed by atoms with van der Waals surface area (Å²) in [5.74, 6) is -0.724. The molecular formula is C29H32FN3O5. The van der Waals surface area contributed by atoms with Gasteiger partial charge in [0.15, 0.2) is 0 Å². The number of hydrogen-bond acceptors (Lipinski definition) is 6. The number of anilines is 1. The molecule has 200 valence electrons. The van der Waals surface area contributed by atoms with E-state index in [2.05, 4.69) is 10.3 Å². The first-order valence-corrected chi connectivity index (χ1v) is 12.1. The Morgan fingerprint density at radius 3 is 2.34 bits per heavy atom. The lowest BCUT2D eigenvalue weighted by Gasteiger charge is -2.25. The van der Waals surface area contributed by atoms with Gasteiger partial charge in [-0.1, -0.05) is 12.1 Å². The summed E-state index contributed by atoms with van der Waals surface area (Å²) in [6.07, 6.45) is 1.60. The Morgan fingerprint density at radius 2 is 1.74 bits per heavy atom. The summed E-state index contributed by atoms with van der Waals surface area (Å²) in [6, 6.07) is 16.6. The number of hydrogen-bond donors (Lipinski definition) is 1. The van der Waals surface area contributed by atoms with Crippen LogP contribution in [0.25, 0.3) is 0 Å². The molecule has 0 saturated carbocycles. The van der Waals surface area contributed by atoms with Crippen LogP contribution in [0.4, 0.5) is 10.1 Å². The Labute approximate surface area is 221 Å². The van der Waals surface area contributed by atoms with E-state index in [0.717, 1.165) is 0 Å². The van der Waals surface area contributed by atoms with Gasteiger partial charge in [0.2, 0.25) is 5.91 Å². The maximum absolute atomic E-state index is 13.4. The maximum atomic E-state index is 13.4. The first kappa shape index (κ1) is 28.3. The number of amides is 2. The Bertz CT molecular complexity index is 1260. The number of nitrogens with one attached hydrogen (secondary N) is 1. The monoisotopic (exact) mass is 521 g/mol. The lowest BCUT2D eigenvalue weighted by molar-refractivity contribution is -0.155. The fourth-order valence-electron chi connectivity index (χ4n) is 3.70. The average molecular weight is 522 g/mol. The molecule has 3 aromatic rings. The van der Waals surface area contributed by atoms with Crippen molar-refractivity contribution in [3.8, 4) is 5.75 Å². The first-order chi connectivity index (χ1) is 18.1. The van der Waals surface area contributed by atoms with E-state index in [0.29, 0.717) is 33.8 Å². The predicted octanol–water partition coefficient (Wildman–Crippen LogP) is 4.73. The summed E-state index contributed by atoms with van der Waals surface area (Å²) in [7, 11) is 1.49. The van der Waals surface area contributed by atoms with E-state index >= 15 is 0 Å². The fraction of sp³-hybridized carbons (Fsp3) is 0.310. The number of halogens is 1. The zero-order valence-corrected chi connectivity index (χ0v) is 22.0. The van der Waals surface area contributed by atoms with Crippen LogP contribution in [0, 0.1) is 0 Å². The van der Waals surface area contributed by atoms with E-state index < -0.39 is 18.2 Å². The Balaban J connectivity index is 1.70. The van der Waals surface area contributed by atoms with Crippen LogP contribution in [-0.4, -0.2) is 46.9 Å². The third-order valence-electron chi connectivity index (χ3n) is 5.43. The number of aromatic nitrogens is 1. The van der Waals surface area contributed by atoms with Gasteiger partial charge < -0.3 is 19.7 Å².